The molecule has 0 amide bonds. The van der Waals surface area contributed by atoms with Gasteiger partial charge in [0.2, 0.25) is 0 Å². The van der Waals surface area contributed by atoms with Gasteiger partial charge in [0, 0.05) is 25.6 Å². The second kappa shape index (κ2) is 3.27. The standard InChI is InChI=1S/C6H12FNO2/c7-6-4(3-9)1-8-2-5(6)10/h4-6,8-10H,1-3H2/t4-,5-,6+/m0/s1. The van der Waals surface area contributed by atoms with Crippen molar-refractivity contribution in [1.29, 1.82) is 0 Å². The summed E-state index contributed by atoms with van der Waals surface area (Å²) in [5.74, 6) is -0.441. The molecule has 1 aliphatic rings. The molecule has 1 saturated heterocycles. The van der Waals surface area contributed by atoms with Crippen molar-refractivity contribution in [3.8, 4) is 0 Å². The topological polar surface area (TPSA) is 52.5 Å². The fraction of sp³-hybridized carbons (Fsp3) is 1.00. The first-order chi connectivity index (χ1) is 4.75. The quantitative estimate of drug-likeness (QED) is 0.443. The lowest BCUT2D eigenvalue weighted by Crippen LogP contribution is -2.49. The summed E-state index contributed by atoms with van der Waals surface area (Å²) >= 11 is 0. The Morgan fingerprint density at radius 1 is 1.50 bits per heavy atom. The monoisotopic (exact) mass is 149 g/mol. The second-order valence-corrected chi connectivity index (χ2v) is 2.61. The minimum Gasteiger partial charge on any atom is -0.396 e. The van der Waals surface area contributed by atoms with Gasteiger partial charge in [0.25, 0.3) is 0 Å². The molecule has 0 aromatic carbocycles. The van der Waals surface area contributed by atoms with Gasteiger partial charge in [-0.2, -0.15) is 0 Å². The van der Waals surface area contributed by atoms with Crippen LogP contribution in [0.4, 0.5) is 4.39 Å². The minimum absolute atomic E-state index is 0.203. The second-order valence-electron chi connectivity index (χ2n) is 2.61. The van der Waals surface area contributed by atoms with Gasteiger partial charge in [0.1, 0.15) is 6.17 Å². The molecule has 3 atom stereocenters. The molecule has 1 heterocycles. The molecule has 1 rings (SSSR count). The number of β-amino-alcohol motifs (C(OH)–C–C–N with tert-alkyl or cyclic N) is 1. The zero-order chi connectivity index (χ0) is 7.56. The summed E-state index contributed by atoms with van der Waals surface area (Å²) in [5, 5.41) is 20.3. The molecule has 4 heteroatoms. The summed E-state index contributed by atoms with van der Waals surface area (Å²) in [6.45, 7) is 0.539. The van der Waals surface area contributed by atoms with Crippen molar-refractivity contribution in [1.82, 2.24) is 5.32 Å². The van der Waals surface area contributed by atoms with Gasteiger partial charge >= 0.3 is 0 Å². The van der Waals surface area contributed by atoms with Crippen LogP contribution in [0, 0.1) is 5.92 Å². The van der Waals surface area contributed by atoms with E-state index in [-0.39, 0.29) is 13.2 Å². The molecule has 0 aromatic rings. The number of aliphatic hydroxyl groups is 2. The number of nitrogens with one attached hydrogen (secondary N) is 1. The molecule has 1 aliphatic heterocycles. The van der Waals surface area contributed by atoms with Crippen LogP contribution in [-0.4, -0.2) is 42.2 Å². The van der Waals surface area contributed by atoms with Gasteiger partial charge in [0.05, 0.1) is 6.10 Å². The number of halogens is 1. The fourth-order valence-electron chi connectivity index (χ4n) is 1.12. The Morgan fingerprint density at radius 2 is 2.20 bits per heavy atom. The van der Waals surface area contributed by atoms with E-state index in [2.05, 4.69) is 5.32 Å². The highest BCUT2D eigenvalue weighted by molar-refractivity contribution is 4.83. The molecule has 0 unspecified atom stereocenters. The summed E-state index contributed by atoms with van der Waals surface area (Å²) in [6.07, 6.45) is -2.22. The Balaban J connectivity index is 2.42. The molecular weight excluding hydrogens is 137 g/mol. The smallest absolute Gasteiger partial charge is 0.133 e. The van der Waals surface area contributed by atoms with Crippen LogP contribution >= 0.6 is 0 Å². The van der Waals surface area contributed by atoms with E-state index in [1.165, 1.54) is 0 Å². The van der Waals surface area contributed by atoms with Crippen LogP contribution in [0.2, 0.25) is 0 Å². The number of hydrogen-bond acceptors (Lipinski definition) is 3. The Morgan fingerprint density at radius 3 is 2.70 bits per heavy atom. The van der Waals surface area contributed by atoms with Gasteiger partial charge in [-0.3, -0.25) is 0 Å². The van der Waals surface area contributed by atoms with Crippen LogP contribution < -0.4 is 5.32 Å². The molecule has 0 spiro atoms. The SMILES string of the molecule is OC[C@@H]1CNC[C@H](O)[C@@H]1F. The van der Waals surface area contributed by atoms with Gasteiger partial charge in [-0.15, -0.1) is 0 Å². The van der Waals surface area contributed by atoms with Crippen molar-refractivity contribution in [3.05, 3.63) is 0 Å². The first-order valence-electron chi connectivity index (χ1n) is 3.39. The first kappa shape index (κ1) is 7.91. The van der Waals surface area contributed by atoms with E-state index >= 15 is 0 Å². The molecule has 0 bridgehead atoms. The van der Waals surface area contributed by atoms with Crippen LogP contribution in [-0.2, 0) is 0 Å². The average molecular weight is 149 g/mol. The predicted octanol–water partition coefficient (Wildman–Crippen LogP) is -1.10. The molecule has 0 aromatic heterocycles. The van der Waals surface area contributed by atoms with Gasteiger partial charge < -0.3 is 15.5 Å². The molecule has 0 radical (unpaired) electrons. The molecule has 10 heavy (non-hydrogen) atoms. The van der Waals surface area contributed by atoms with Crippen LogP contribution in [0.1, 0.15) is 0 Å². The molecule has 0 saturated carbocycles. The Kier molecular flexibility index (Phi) is 2.59. The summed E-state index contributed by atoms with van der Waals surface area (Å²) in [6, 6.07) is 0. The zero-order valence-electron chi connectivity index (χ0n) is 5.63. The number of hydrogen-bond donors (Lipinski definition) is 3. The largest absolute Gasteiger partial charge is 0.396 e. The molecule has 0 aliphatic carbocycles. The molecule has 3 N–H and O–H groups in total. The van der Waals surface area contributed by atoms with Crippen LogP contribution in [0.15, 0.2) is 0 Å². The summed E-state index contributed by atoms with van der Waals surface area (Å²) < 4.78 is 12.8. The number of rotatable bonds is 1. The van der Waals surface area contributed by atoms with E-state index < -0.39 is 18.2 Å². The van der Waals surface area contributed by atoms with E-state index in [9.17, 15) is 4.39 Å². The Labute approximate surface area is 58.9 Å². The van der Waals surface area contributed by atoms with Crippen molar-refractivity contribution >= 4 is 0 Å². The Hall–Kier alpha value is -0.190. The van der Waals surface area contributed by atoms with Crippen molar-refractivity contribution in [2.24, 2.45) is 5.92 Å². The lowest BCUT2D eigenvalue weighted by Gasteiger charge is -2.29. The van der Waals surface area contributed by atoms with Crippen LogP contribution in [0.3, 0.4) is 0 Å². The minimum atomic E-state index is -1.27. The lowest BCUT2D eigenvalue weighted by molar-refractivity contribution is 0.000116. The highest BCUT2D eigenvalue weighted by atomic mass is 19.1. The summed E-state index contributed by atoms with van der Waals surface area (Å²) in [5.41, 5.74) is 0. The van der Waals surface area contributed by atoms with Crippen molar-refractivity contribution in [3.63, 3.8) is 0 Å². The maximum Gasteiger partial charge on any atom is 0.133 e. The van der Waals surface area contributed by atoms with Crippen molar-refractivity contribution in [2.45, 2.75) is 12.3 Å². The van der Waals surface area contributed by atoms with E-state index in [1.807, 2.05) is 0 Å². The van der Waals surface area contributed by atoms with E-state index in [0.29, 0.717) is 6.54 Å². The molecular formula is C6H12FNO2. The average Bonchev–Trinajstić information content (AvgIpc) is 1.95. The molecule has 1 fully saturated rings. The van der Waals surface area contributed by atoms with Crippen LogP contribution in [0.25, 0.3) is 0 Å². The van der Waals surface area contributed by atoms with Gasteiger partial charge in [-0.1, -0.05) is 0 Å². The summed E-state index contributed by atoms with van der Waals surface area (Å²) in [4.78, 5) is 0. The van der Waals surface area contributed by atoms with Gasteiger partial charge in [-0.05, 0) is 0 Å². The van der Waals surface area contributed by atoms with Crippen molar-refractivity contribution in [2.75, 3.05) is 19.7 Å². The van der Waals surface area contributed by atoms with E-state index in [0.717, 1.165) is 0 Å². The number of aliphatic hydroxyl groups excluding tert-OH is 2. The third kappa shape index (κ3) is 1.45. The van der Waals surface area contributed by atoms with Gasteiger partial charge in [-0.25, -0.2) is 4.39 Å². The Bertz CT molecular complexity index is 112. The van der Waals surface area contributed by atoms with E-state index in [1.54, 1.807) is 0 Å². The normalized spacial score (nSPS) is 41.7. The molecule has 60 valence electrons. The first-order valence-corrected chi connectivity index (χ1v) is 3.39. The predicted molar refractivity (Wildman–Crippen MR) is 34.3 cm³/mol. The summed E-state index contributed by atoms with van der Waals surface area (Å²) in [7, 11) is 0. The lowest BCUT2D eigenvalue weighted by atomic mass is 9.96. The maximum absolute atomic E-state index is 12.8. The molecule has 3 nitrogen and oxygen atoms in total. The highest BCUT2D eigenvalue weighted by Gasteiger charge is 2.31. The number of alkyl halides is 1. The van der Waals surface area contributed by atoms with Gasteiger partial charge in [0.15, 0.2) is 0 Å². The third-order valence-electron chi connectivity index (χ3n) is 1.81. The highest BCUT2D eigenvalue weighted by Crippen LogP contribution is 2.14. The third-order valence-corrected chi connectivity index (χ3v) is 1.81. The maximum atomic E-state index is 12.8. The fourth-order valence-corrected chi connectivity index (χ4v) is 1.12. The zero-order valence-corrected chi connectivity index (χ0v) is 5.63. The van der Waals surface area contributed by atoms with E-state index in [4.69, 9.17) is 10.2 Å². The van der Waals surface area contributed by atoms with Crippen LogP contribution in [0.5, 0.6) is 0 Å². The van der Waals surface area contributed by atoms with Crippen molar-refractivity contribution < 1.29 is 14.6 Å². The number of piperidine rings is 1.